The van der Waals surface area contributed by atoms with Crippen LogP contribution in [0.15, 0.2) is 72.8 Å². The summed E-state index contributed by atoms with van der Waals surface area (Å²) in [5.41, 5.74) is 2.20. The van der Waals surface area contributed by atoms with Gasteiger partial charge >= 0.3 is 0 Å². The summed E-state index contributed by atoms with van der Waals surface area (Å²) in [6.45, 7) is 0.568. The van der Waals surface area contributed by atoms with E-state index in [1.165, 1.54) is 0 Å². The van der Waals surface area contributed by atoms with E-state index in [0.29, 0.717) is 29.3 Å². The maximum Gasteiger partial charge on any atom is 0.262 e. The van der Waals surface area contributed by atoms with Gasteiger partial charge in [-0.1, -0.05) is 18.2 Å². The van der Waals surface area contributed by atoms with E-state index in [2.05, 4.69) is 11.4 Å². The van der Waals surface area contributed by atoms with Crippen molar-refractivity contribution < 1.29 is 19.1 Å². The molecule has 4 aromatic rings. The fourth-order valence-electron chi connectivity index (χ4n) is 4.21. The highest BCUT2D eigenvalue weighted by atomic mass is 32.1. The average Bonchev–Trinajstić information content (AvgIpc) is 3.54. The number of thiazole rings is 1. The van der Waals surface area contributed by atoms with Gasteiger partial charge in [0.25, 0.3) is 11.8 Å². The second-order valence-electron chi connectivity index (χ2n) is 8.27. The van der Waals surface area contributed by atoms with E-state index in [-0.39, 0.29) is 24.5 Å². The predicted molar refractivity (Wildman–Crippen MR) is 136 cm³/mol. The maximum atomic E-state index is 13.3. The third kappa shape index (κ3) is 5.12. The first-order valence-electron chi connectivity index (χ1n) is 11.4. The molecule has 1 aliphatic heterocycles. The van der Waals surface area contributed by atoms with Gasteiger partial charge in [0.05, 0.1) is 23.4 Å². The Balaban J connectivity index is 1.20. The number of nitrogens with zero attached hydrogens (tertiary/aromatic N) is 2. The molecule has 2 heterocycles. The van der Waals surface area contributed by atoms with E-state index >= 15 is 0 Å². The number of ether oxygens (including phenoxy) is 2. The highest BCUT2D eigenvalue weighted by molar-refractivity contribution is 7.18. The Morgan fingerprint density at radius 2 is 1.89 bits per heavy atom. The van der Waals surface area contributed by atoms with Crippen LogP contribution in [0.1, 0.15) is 34.2 Å². The number of amides is 2. The summed E-state index contributed by atoms with van der Waals surface area (Å²) in [4.78, 5) is 32.2. The molecule has 35 heavy (non-hydrogen) atoms. The fourth-order valence-corrected chi connectivity index (χ4v) is 5.32. The van der Waals surface area contributed by atoms with Crippen LogP contribution in [0.5, 0.6) is 11.5 Å². The van der Waals surface area contributed by atoms with Crippen LogP contribution in [0.3, 0.4) is 0 Å². The van der Waals surface area contributed by atoms with Crippen molar-refractivity contribution in [2.75, 3.05) is 25.6 Å². The number of methoxy groups -OCH3 is 1. The Morgan fingerprint density at radius 1 is 1.06 bits per heavy atom. The van der Waals surface area contributed by atoms with Crippen LogP contribution in [0, 0.1) is 0 Å². The molecule has 1 atom stereocenters. The summed E-state index contributed by atoms with van der Waals surface area (Å²) in [5.74, 6) is 0.877. The van der Waals surface area contributed by atoms with Crippen LogP contribution in [-0.4, -0.2) is 42.0 Å². The van der Waals surface area contributed by atoms with Crippen molar-refractivity contribution in [1.29, 1.82) is 0 Å². The number of rotatable bonds is 7. The molecular weight excluding hydrogens is 462 g/mol. The zero-order chi connectivity index (χ0) is 24.2. The Labute approximate surface area is 207 Å². The Bertz CT molecular complexity index is 1320. The molecule has 0 unspecified atom stereocenters. The summed E-state index contributed by atoms with van der Waals surface area (Å²) >= 11 is 1.66. The Hall–Kier alpha value is -3.91. The predicted octanol–water partition coefficient (Wildman–Crippen LogP) is 5.30. The van der Waals surface area contributed by atoms with Gasteiger partial charge in [-0.3, -0.25) is 9.59 Å². The molecule has 0 spiro atoms. The molecule has 2 amide bonds. The highest BCUT2D eigenvalue weighted by Gasteiger charge is 2.32. The molecule has 0 aliphatic carbocycles. The number of carbonyl (C=O) groups excluding carboxylic acids is 2. The molecule has 1 aliphatic rings. The van der Waals surface area contributed by atoms with Crippen LogP contribution in [-0.2, 0) is 4.79 Å². The standard InChI is InChI=1S/C27H25N3O4S/c1-33-21-7-4-6-19(16-21)28-25(31)17-34-20-13-11-18(12-14-20)27(32)30-15-5-9-23(30)26-29-22-8-2-3-10-24(22)35-26/h2-4,6-8,10-14,16,23H,5,9,15,17H2,1H3,(H,28,31)/t23-/m0/s1. The SMILES string of the molecule is COc1cccc(NC(=O)COc2ccc(C(=O)N3CCC[C@H]3c3nc4ccccc4s3)cc2)c1. The molecule has 5 rings (SSSR count). The topological polar surface area (TPSA) is 80.8 Å². The molecule has 178 valence electrons. The third-order valence-corrected chi connectivity index (χ3v) is 7.07. The summed E-state index contributed by atoms with van der Waals surface area (Å²) in [7, 11) is 1.57. The molecule has 0 bridgehead atoms. The van der Waals surface area contributed by atoms with Gasteiger partial charge in [-0.25, -0.2) is 4.98 Å². The molecule has 1 saturated heterocycles. The summed E-state index contributed by atoms with van der Waals surface area (Å²) in [5, 5.41) is 3.76. The van der Waals surface area contributed by atoms with Crippen molar-refractivity contribution in [2.45, 2.75) is 18.9 Å². The van der Waals surface area contributed by atoms with Crippen LogP contribution in [0.25, 0.3) is 10.2 Å². The van der Waals surface area contributed by atoms with Crippen LogP contribution < -0.4 is 14.8 Å². The monoisotopic (exact) mass is 487 g/mol. The number of nitrogens with one attached hydrogen (secondary N) is 1. The molecule has 0 saturated carbocycles. The normalized spacial score (nSPS) is 15.2. The van der Waals surface area contributed by atoms with E-state index in [4.69, 9.17) is 14.5 Å². The average molecular weight is 488 g/mol. The van der Waals surface area contributed by atoms with Crippen molar-refractivity contribution in [3.8, 4) is 11.5 Å². The van der Waals surface area contributed by atoms with Crippen LogP contribution in [0.4, 0.5) is 5.69 Å². The van der Waals surface area contributed by atoms with E-state index in [9.17, 15) is 9.59 Å². The molecule has 1 N–H and O–H groups in total. The lowest BCUT2D eigenvalue weighted by Crippen LogP contribution is -2.30. The third-order valence-electron chi connectivity index (χ3n) is 5.93. The smallest absolute Gasteiger partial charge is 0.262 e. The first-order chi connectivity index (χ1) is 17.1. The number of hydrogen-bond acceptors (Lipinski definition) is 6. The fraction of sp³-hybridized carbons (Fsp3) is 0.222. The lowest BCUT2D eigenvalue weighted by molar-refractivity contribution is -0.118. The number of aromatic nitrogens is 1. The minimum absolute atomic E-state index is 0.00358. The van der Waals surface area contributed by atoms with E-state index in [1.807, 2.05) is 23.1 Å². The first kappa shape index (κ1) is 22.9. The minimum Gasteiger partial charge on any atom is -0.497 e. The first-order valence-corrected chi connectivity index (χ1v) is 12.3. The molecule has 1 aromatic heterocycles. The number of likely N-dealkylation sites (tertiary alicyclic amines) is 1. The van der Waals surface area contributed by atoms with Crippen LogP contribution in [0.2, 0.25) is 0 Å². The lowest BCUT2D eigenvalue weighted by Gasteiger charge is -2.23. The van der Waals surface area contributed by atoms with Gasteiger partial charge in [-0.15, -0.1) is 11.3 Å². The molecule has 8 heteroatoms. The van der Waals surface area contributed by atoms with Gasteiger partial charge in [0.1, 0.15) is 16.5 Å². The Kier molecular flexibility index (Phi) is 6.63. The molecule has 1 fully saturated rings. The summed E-state index contributed by atoms with van der Waals surface area (Å²) in [6.07, 6.45) is 1.87. The minimum atomic E-state index is -0.283. The maximum absolute atomic E-state index is 13.3. The highest BCUT2D eigenvalue weighted by Crippen LogP contribution is 2.37. The summed E-state index contributed by atoms with van der Waals surface area (Å²) in [6, 6.07) is 22.1. The van der Waals surface area contributed by atoms with E-state index in [1.54, 1.807) is 67.0 Å². The van der Waals surface area contributed by atoms with Gasteiger partial charge in [0.2, 0.25) is 0 Å². The number of carbonyl (C=O) groups is 2. The molecule has 3 aromatic carbocycles. The van der Waals surface area contributed by atoms with Crippen molar-refractivity contribution >= 4 is 39.1 Å². The van der Waals surface area contributed by atoms with Crippen molar-refractivity contribution in [3.63, 3.8) is 0 Å². The number of para-hydroxylation sites is 1. The lowest BCUT2D eigenvalue weighted by atomic mass is 10.1. The van der Waals surface area contributed by atoms with Crippen molar-refractivity contribution in [1.82, 2.24) is 9.88 Å². The zero-order valence-electron chi connectivity index (χ0n) is 19.3. The second-order valence-corrected chi connectivity index (χ2v) is 9.33. The Morgan fingerprint density at radius 3 is 2.69 bits per heavy atom. The van der Waals surface area contributed by atoms with Gasteiger partial charge in [0, 0.05) is 23.9 Å². The largest absolute Gasteiger partial charge is 0.497 e. The van der Waals surface area contributed by atoms with Crippen molar-refractivity contribution in [2.24, 2.45) is 0 Å². The van der Waals surface area contributed by atoms with Gasteiger partial charge < -0.3 is 19.7 Å². The molecule has 0 radical (unpaired) electrons. The van der Waals surface area contributed by atoms with Gasteiger partial charge in [-0.05, 0) is 61.4 Å². The quantitative estimate of drug-likeness (QED) is 0.383. The molecular formula is C27H25N3O4S. The number of fused-ring (bicyclic) bond motifs is 1. The number of anilines is 1. The molecule has 7 nitrogen and oxygen atoms in total. The van der Waals surface area contributed by atoms with E-state index < -0.39 is 0 Å². The van der Waals surface area contributed by atoms with Crippen LogP contribution >= 0.6 is 11.3 Å². The van der Waals surface area contributed by atoms with Crippen molar-refractivity contribution in [3.05, 3.63) is 83.4 Å². The number of hydrogen-bond donors (Lipinski definition) is 1. The van der Waals surface area contributed by atoms with E-state index in [0.717, 1.165) is 28.1 Å². The van der Waals surface area contributed by atoms with Gasteiger partial charge in [0.15, 0.2) is 6.61 Å². The van der Waals surface area contributed by atoms with Gasteiger partial charge in [-0.2, -0.15) is 0 Å². The summed E-state index contributed by atoms with van der Waals surface area (Å²) < 4.78 is 11.9. The number of benzene rings is 3. The second kappa shape index (κ2) is 10.1. The zero-order valence-corrected chi connectivity index (χ0v) is 20.1.